The van der Waals surface area contributed by atoms with Gasteiger partial charge in [0.15, 0.2) is 17.3 Å². The van der Waals surface area contributed by atoms with Crippen LogP contribution in [0.15, 0.2) is 48.7 Å². The average Bonchev–Trinajstić information content (AvgIpc) is 2.75. The lowest BCUT2D eigenvalue weighted by molar-refractivity contribution is -0.143. The fraction of sp³-hybridized carbons (Fsp3) is 0.348. The zero-order chi connectivity index (χ0) is 20.9. The normalized spacial score (nSPS) is 10.7. The van der Waals surface area contributed by atoms with E-state index in [1.165, 1.54) is 6.08 Å². The van der Waals surface area contributed by atoms with Gasteiger partial charge in [-0.15, -0.1) is 0 Å². The molecule has 29 heavy (non-hydrogen) atoms. The van der Waals surface area contributed by atoms with Crippen molar-refractivity contribution in [3.05, 3.63) is 59.9 Å². The molecule has 0 aliphatic carbocycles. The number of hydrogen-bond donors (Lipinski definition) is 0. The minimum Gasteiger partial charge on any atom is -0.491 e. The quantitative estimate of drug-likeness (QED) is 0.227. The highest BCUT2D eigenvalue weighted by Gasteiger charge is 2.07. The maximum atomic E-state index is 12.2. The monoisotopic (exact) mass is 397 g/mol. The number of esters is 1. The molecule has 1 aromatic carbocycles. The molecule has 0 aliphatic heterocycles. The lowest BCUT2D eigenvalue weighted by Gasteiger charge is -2.11. The van der Waals surface area contributed by atoms with Gasteiger partial charge in [0.1, 0.15) is 0 Å². The number of carbonyl (C=O) groups is 2. The number of rotatable bonds is 12. The van der Waals surface area contributed by atoms with Crippen LogP contribution < -0.4 is 9.47 Å². The molecule has 1 heterocycles. The SMILES string of the molecule is CCOC(=O)CCCCCOc1cc(C=CC(=O)c2ccccc2)ncc1OC. The van der Waals surface area contributed by atoms with Gasteiger partial charge in [-0.1, -0.05) is 30.3 Å². The first kappa shape index (κ1) is 22.1. The zero-order valence-corrected chi connectivity index (χ0v) is 16.9. The van der Waals surface area contributed by atoms with Crippen molar-refractivity contribution in [1.29, 1.82) is 0 Å². The van der Waals surface area contributed by atoms with Crippen LogP contribution in [0.1, 0.15) is 48.7 Å². The predicted molar refractivity (Wildman–Crippen MR) is 111 cm³/mol. The molecule has 0 N–H and O–H groups in total. The number of ketones is 1. The van der Waals surface area contributed by atoms with Gasteiger partial charge < -0.3 is 14.2 Å². The highest BCUT2D eigenvalue weighted by atomic mass is 16.5. The van der Waals surface area contributed by atoms with Crippen LogP contribution in [0.25, 0.3) is 6.08 Å². The van der Waals surface area contributed by atoms with Gasteiger partial charge in [-0.2, -0.15) is 0 Å². The van der Waals surface area contributed by atoms with E-state index in [9.17, 15) is 9.59 Å². The summed E-state index contributed by atoms with van der Waals surface area (Å²) in [7, 11) is 1.55. The van der Waals surface area contributed by atoms with Crippen molar-refractivity contribution in [2.45, 2.75) is 32.6 Å². The Hall–Kier alpha value is -3.15. The third kappa shape index (κ3) is 7.78. The Morgan fingerprint density at radius 3 is 2.59 bits per heavy atom. The Morgan fingerprint density at radius 1 is 1.07 bits per heavy atom. The summed E-state index contributed by atoms with van der Waals surface area (Å²) in [4.78, 5) is 27.8. The smallest absolute Gasteiger partial charge is 0.305 e. The molecule has 0 amide bonds. The van der Waals surface area contributed by atoms with Gasteiger partial charge in [0.2, 0.25) is 0 Å². The highest BCUT2D eigenvalue weighted by Crippen LogP contribution is 2.27. The highest BCUT2D eigenvalue weighted by molar-refractivity contribution is 6.06. The first-order valence-electron chi connectivity index (χ1n) is 9.74. The average molecular weight is 397 g/mol. The predicted octanol–water partition coefficient (Wildman–Crippen LogP) is 4.49. The summed E-state index contributed by atoms with van der Waals surface area (Å²) in [5.41, 5.74) is 1.23. The second-order valence-corrected chi connectivity index (χ2v) is 6.29. The van der Waals surface area contributed by atoms with Crippen LogP contribution in [0, 0.1) is 0 Å². The summed E-state index contributed by atoms with van der Waals surface area (Å²) < 4.78 is 16.0. The topological polar surface area (TPSA) is 74.7 Å². The standard InChI is InChI=1S/C23H27NO5/c1-3-28-23(26)12-8-5-9-15-29-21-16-19(24-17-22(21)27-2)13-14-20(25)18-10-6-4-7-11-18/h4,6-7,10-11,13-14,16-17H,3,5,8-9,12,15H2,1-2H3. The fourth-order valence-corrected chi connectivity index (χ4v) is 2.62. The molecular weight excluding hydrogens is 370 g/mol. The van der Waals surface area contributed by atoms with Crippen LogP contribution in [0.4, 0.5) is 0 Å². The van der Waals surface area contributed by atoms with E-state index in [0.717, 1.165) is 19.3 Å². The number of benzene rings is 1. The van der Waals surface area contributed by atoms with Gasteiger partial charge in [0, 0.05) is 18.1 Å². The fourth-order valence-electron chi connectivity index (χ4n) is 2.62. The Bertz CT molecular complexity index is 817. The minimum atomic E-state index is -0.161. The number of methoxy groups -OCH3 is 1. The third-order valence-electron chi connectivity index (χ3n) is 4.12. The zero-order valence-electron chi connectivity index (χ0n) is 16.9. The molecule has 1 aromatic heterocycles. The van der Waals surface area contributed by atoms with Gasteiger partial charge in [-0.3, -0.25) is 14.6 Å². The van der Waals surface area contributed by atoms with Crippen molar-refractivity contribution in [2.24, 2.45) is 0 Å². The Kier molecular flexibility index (Phi) is 9.42. The molecule has 2 aromatic rings. The molecule has 0 atom stereocenters. The van der Waals surface area contributed by atoms with Crippen molar-refractivity contribution >= 4 is 17.8 Å². The van der Waals surface area contributed by atoms with Gasteiger partial charge in [-0.25, -0.2) is 0 Å². The number of hydrogen-bond acceptors (Lipinski definition) is 6. The summed E-state index contributed by atoms with van der Waals surface area (Å²) in [5, 5.41) is 0. The molecule has 154 valence electrons. The molecule has 2 rings (SSSR count). The van der Waals surface area contributed by atoms with E-state index >= 15 is 0 Å². The number of ether oxygens (including phenoxy) is 3. The molecule has 6 nitrogen and oxygen atoms in total. The van der Waals surface area contributed by atoms with Crippen LogP contribution in [-0.2, 0) is 9.53 Å². The van der Waals surface area contributed by atoms with Gasteiger partial charge in [0.25, 0.3) is 0 Å². The van der Waals surface area contributed by atoms with E-state index < -0.39 is 0 Å². The first-order valence-corrected chi connectivity index (χ1v) is 9.74. The molecule has 0 saturated carbocycles. The van der Waals surface area contributed by atoms with Crippen LogP contribution >= 0.6 is 0 Å². The molecule has 0 spiro atoms. The summed E-state index contributed by atoms with van der Waals surface area (Å²) >= 11 is 0. The van der Waals surface area contributed by atoms with Crippen molar-refractivity contribution < 1.29 is 23.8 Å². The largest absolute Gasteiger partial charge is 0.491 e. The Labute approximate surface area is 171 Å². The van der Waals surface area contributed by atoms with Gasteiger partial charge in [0.05, 0.1) is 32.2 Å². The molecule has 6 heteroatoms. The second kappa shape index (κ2) is 12.3. The van der Waals surface area contributed by atoms with E-state index in [1.54, 1.807) is 44.5 Å². The Balaban J connectivity index is 1.87. The molecule has 0 unspecified atom stereocenters. The van der Waals surface area contributed by atoms with Crippen LogP contribution in [0.5, 0.6) is 11.5 Å². The first-order chi connectivity index (χ1) is 14.1. The van der Waals surface area contributed by atoms with Gasteiger partial charge in [-0.05, 0) is 38.3 Å². The lowest BCUT2D eigenvalue weighted by atomic mass is 10.1. The maximum Gasteiger partial charge on any atom is 0.305 e. The molecule has 0 radical (unpaired) electrons. The van der Waals surface area contributed by atoms with E-state index in [4.69, 9.17) is 14.2 Å². The second-order valence-electron chi connectivity index (χ2n) is 6.29. The summed E-state index contributed by atoms with van der Waals surface area (Å²) in [6.45, 7) is 2.71. The van der Waals surface area contributed by atoms with Crippen LogP contribution in [0.2, 0.25) is 0 Å². The van der Waals surface area contributed by atoms with Crippen molar-refractivity contribution in [1.82, 2.24) is 4.98 Å². The third-order valence-corrected chi connectivity index (χ3v) is 4.12. The number of unbranched alkanes of at least 4 members (excludes halogenated alkanes) is 2. The summed E-state index contributed by atoms with van der Waals surface area (Å²) in [5.74, 6) is 0.848. The number of aromatic nitrogens is 1. The van der Waals surface area contributed by atoms with E-state index in [2.05, 4.69) is 4.98 Å². The molecule has 0 aliphatic rings. The van der Waals surface area contributed by atoms with E-state index in [1.807, 2.05) is 18.2 Å². The van der Waals surface area contributed by atoms with Gasteiger partial charge >= 0.3 is 5.97 Å². The number of allylic oxidation sites excluding steroid dienone is 1. The maximum absolute atomic E-state index is 12.2. The molecule has 0 saturated heterocycles. The van der Waals surface area contributed by atoms with Crippen molar-refractivity contribution in [3.8, 4) is 11.5 Å². The lowest BCUT2D eigenvalue weighted by Crippen LogP contribution is -2.04. The molecule has 0 fully saturated rings. The van der Waals surface area contributed by atoms with Crippen molar-refractivity contribution in [3.63, 3.8) is 0 Å². The summed E-state index contributed by atoms with van der Waals surface area (Å²) in [6.07, 6.45) is 7.59. The van der Waals surface area contributed by atoms with Crippen LogP contribution in [0.3, 0.4) is 0 Å². The van der Waals surface area contributed by atoms with Crippen molar-refractivity contribution in [2.75, 3.05) is 20.3 Å². The Morgan fingerprint density at radius 2 is 1.86 bits per heavy atom. The number of carbonyl (C=O) groups excluding carboxylic acids is 2. The number of pyridine rings is 1. The molecular formula is C23H27NO5. The van der Waals surface area contributed by atoms with E-state index in [0.29, 0.717) is 42.4 Å². The minimum absolute atomic E-state index is 0.0905. The van der Waals surface area contributed by atoms with Crippen LogP contribution in [-0.4, -0.2) is 37.1 Å². The molecule has 0 bridgehead atoms. The number of nitrogens with zero attached hydrogens (tertiary/aromatic N) is 1. The van der Waals surface area contributed by atoms with E-state index in [-0.39, 0.29) is 11.8 Å². The summed E-state index contributed by atoms with van der Waals surface area (Å²) in [6, 6.07) is 10.8.